The number of ether oxygens (including phenoxy) is 2. The summed E-state index contributed by atoms with van der Waals surface area (Å²) >= 11 is 0. The third-order valence-corrected chi connectivity index (χ3v) is 3.16. The van der Waals surface area contributed by atoms with Crippen LogP contribution in [0.3, 0.4) is 0 Å². The smallest absolute Gasteiger partial charge is 0.337 e. The molecule has 0 saturated carbocycles. The molecule has 0 spiro atoms. The van der Waals surface area contributed by atoms with Gasteiger partial charge in [0, 0.05) is 33.9 Å². The topological polar surface area (TPSA) is 89.0 Å². The van der Waals surface area contributed by atoms with Crippen LogP contribution in [0.5, 0.6) is 0 Å². The van der Waals surface area contributed by atoms with E-state index in [-0.39, 0.29) is 17.2 Å². The predicted molar refractivity (Wildman–Crippen MR) is 80.2 cm³/mol. The normalized spacial score (nSPS) is 10.5. The van der Waals surface area contributed by atoms with Crippen LogP contribution in [-0.4, -0.2) is 67.4 Å². The standard InChI is InChI=1S/C15H22N2O5/c1-11-12(15(19)20)5-6-13(16-11)14(18)17(8-10-22-3)7-4-9-21-2/h5-6H,4,7-10H2,1-3H3,(H,19,20). The molecule has 1 aromatic heterocycles. The molecule has 1 rings (SSSR count). The van der Waals surface area contributed by atoms with E-state index in [1.165, 1.54) is 12.1 Å². The second-order valence-electron chi connectivity index (χ2n) is 4.77. The second-order valence-corrected chi connectivity index (χ2v) is 4.77. The zero-order valence-corrected chi connectivity index (χ0v) is 13.2. The summed E-state index contributed by atoms with van der Waals surface area (Å²) in [7, 11) is 3.18. The molecule has 0 aliphatic rings. The minimum absolute atomic E-state index is 0.0966. The van der Waals surface area contributed by atoms with Crippen molar-refractivity contribution in [3.05, 3.63) is 29.1 Å². The van der Waals surface area contributed by atoms with Crippen molar-refractivity contribution in [2.45, 2.75) is 13.3 Å². The highest BCUT2D eigenvalue weighted by atomic mass is 16.5. The molecule has 0 fully saturated rings. The van der Waals surface area contributed by atoms with Gasteiger partial charge in [-0.25, -0.2) is 9.78 Å². The minimum Gasteiger partial charge on any atom is -0.478 e. The molecule has 7 nitrogen and oxygen atoms in total. The molecule has 1 aromatic rings. The van der Waals surface area contributed by atoms with Gasteiger partial charge in [-0.2, -0.15) is 0 Å². The van der Waals surface area contributed by atoms with Gasteiger partial charge in [-0.3, -0.25) is 4.79 Å². The third kappa shape index (κ3) is 5.09. The molecule has 1 amide bonds. The van der Waals surface area contributed by atoms with Gasteiger partial charge in [0.1, 0.15) is 5.69 Å². The van der Waals surface area contributed by atoms with E-state index in [2.05, 4.69) is 4.98 Å². The van der Waals surface area contributed by atoms with Gasteiger partial charge in [-0.1, -0.05) is 0 Å². The van der Waals surface area contributed by atoms with Crippen molar-refractivity contribution in [1.29, 1.82) is 0 Å². The number of aryl methyl sites for hydroxylation is 1. The SMILES string of the molecule is COCCCN(CCOC)C(=O)c1ccc(C(=O)O)c(C)n1. The van der Waals surface area contributed by atoms with E-state index in [0.29, 0.717) is 38.4 Å². The summed E-state index contributed by atoms with van der Waals surface area (Å²) in [5.41, 5.74) is 0.650. The maximum atomic E-state index is 12.5. The highest BCUT2D eigenvalue weighted by molar-refractivity contribution is 5.94. The third-order valence-electron chi connectivity index (χ3n) is 3.16. The van der Waals surface area contributed by atoms with Crippen LogP contribution in [0.4, 0.5) is 0 Å². The lowest BCUT2D eigenvalue weighted by atomic mass is 10.1. The first kappa shape index (κ1) is 18.1. The summed E-state index contributed by atoms with van der Waals surface area (Å²) < 4.78 is 10.0. The van der Waals surface area contributed by atoms with Gasteiger partial charge in [0.15, 0.2) is 0 Å². The molecule has 0 aromatic carbocycles. The number of nitrogens with zero attached hydrogens (tertiary/aromatic N) is 2. The summed E-state index contributed by atoms with van der Waals surface area (Å²) in [5.74, 6) is -1.30. The lowest BCUT2D eigenvalue weighted by molar-refractivity contribution is 0.0661. The van der Waals surface area contributed by atoms with Crippen molar-refractivity contribution in [3.63, 3.8) is 0 Å². The fourth-order valence-electron chi connectivity index (χ4n) is 1.98. The molecule has 22 heavy (non-hydrogen) atoms. The molecule has 0 saturated heterocycles. The van der Waals surface area contributed by atoms with E-state index in [0.717, 1.165) is 0 Å². The maximum absolute atomic E-state index is 12.5. The Morgan fingerprint density at radius 1 is 1.18 bits per heavy atom. The van der Waals surface area contributed by atoms with Gasteiger partial charge in [-0.05, 0) is 25.5 Å². The monoisotopic (exact) mass is 310 g/mol. The summed E-state index contributed by atoms with van der Waals surface area (Å²) in [5, 5.41) is 9.00. The van der Waals surface area contributed by atoms with E-state index in [4.69, 9.17) is 14.6 Å². The number of amides is 1. The predicted octanol–water partition coefficient (Wildman–Crippen LogP) is 1.21. The van der Waals surface area contributed by atoms with E-state index in [1.54, 1.807) is 26.0 Å². The summed E-state index contributed by atoms with van der Waals surface area (Å²) in [6.07, 6.45) is 0.706. The fourth-order valence-corrected chi connectivity index (χ4v) is 1.98. The molecule has 1 heterocycles. The number of rotatable bonds is 9. The number of aromatic nitrogens is 1. The van der Waals surface area contributed by atoms with Crippen LogP contribution in [0.1, 0.15) is 33.0 Å². The van der Waals surface area contributed by atoms with Crippen molar-refractivity contribution in [3.8, 4) is 0 Å². The summed E-state index contributed by atoms with van der Waals surface area (Å²) in [6, 6.07) is 2.84. The Hall–Kier alpha value is -1.99. The number of carboxylic acids is 1. The molecule has 0 radical (unpaired) electrons. The Labute approximate surface area is 129 Å². The molecule has 122 valence electrons. The van der Waals surface area contributed by atoms with E-state index >= 15 is 0 Å². The van der Waals surface area contributed by atoms with Crippen molar-refractivity contribution in [2.75, 3.05) is 40.5 Å². The molecular formula is C15H22N2O5. The number of carbonyl (C=O) groups is 2. The molecular weight excluding hydrogens is 288 g/mol. The van der Waals surface area contributed by atoms with Crippen molar-refractivity contribution in [1.82, 2.24) is 9.88 Å². The quantitative estimate of drug-likeness (QED) is 0.690. The van der Waals surface area contributed by atoms with Crippen LogP contribution in [-0.2, 0) is 9.47 Å². The van der Waals surface area contributed by atoms with Crippen molar-refractivity contribution < 1.29 is 24.2 Å². The molecule has 0 atom stereocenters. The fraction of sp³-hybridized carbons (Fsp3) is 0.533. The molecule has 0 unspecified atom stereocenters. The van der Waals surface area contributed by atoms with Crippen molar-refractivity contribution >= 4 is 11.9 Å². The number of hydrogen-bond donors (Lipinski definition) is 1. The van der Waals surface area contributed by atoms with E-state index in [9.17, 15) is 9.59 Å². The van der Waals surface area contributed by atoms with Crippen LogP contribution in [0.25, 0.3) is 0 Å². The first-order valence-electron chi connectivity index (χ1n) is 6.99. The Bertz CT molecular complexity index is 519. The van der Waals surface area contributed by atoms with Gasteiger partial charge in [0.05, 0.1) is 17.9 Å². The first-order chi connectivity index (χ1) is 10.5. The highest BCUT2D eigenvalue weighted by Crippen LogP contribution is 2.10. The molecule has 7 heteroatoms. The molecule has 0 aliphatic carbocycles. The summed E-state index contributed by atoms with van der Waals surface area (Å²) in [6.45, 7) is 3.52. The number of carboxylic acid groups (broad SMARTS) is 1. The molecule has 1 N–H and O–H groups in total. The second kappa shape index (κ2) is 9.11. The maximum Gasteiger partial charge on any atom is 0.337 e. The van der Waals surface area contributed by atoms with Gasteiger partial charge in [0.2, 0.25) is 0 Å². The number of carbonyl (C=O) groups excluding carboxylic acids is 1. The van der Waals surface area contributed by atoms with Crippen LogP contribution >= 0.6 is 0 Å². The lowest BCUT2D eigenvalue weighted by Gasteiger charge is -2.22. The number of methoxy groups -OCH3 is 2. The largest absolute Gasteiger partial charge is 0.478 e. The van der Waals surface area contributed by atoms with Crippen LogP contribution in [0, 0.1) is 6.92 Å². The average Bonchev–Trinajstić information content (AvgIpc) is 2.49. The molecule has 0 aliphatic heterocycles. The highest BCUT2D eigenvalue weighted by Gasteiger charge is 2.18. The Balaban J connectivity index is 2.87. The van der Waals surface area contributed by atoms with Gasteiger partial charge < -0.3 is 19.5 Å². The minimum atomic E-state index is -1.06. The zero-order chi connectivity index (χ0) is 16.5. The number of hydrogen-bond acceptors (Lipinski definition) is 5. The summed E-state index contributed by atoms with van der Waals surface area (Å²) in [4.78, 5) is 29.2. The van der Waals surface area contributed by atoms with E-state index < -0.39 is 5.97 Å². The van der Waals surface area contributed by atoms with Crippen LogP contribution in [0.15, 0.2) is 12.1 Å². The Kier molecular flexibility index (Phi) is 7.48. The van der Waals surface area contributed by atoms with E-state index in [1.807, 2.05) is 0 Å². The van der Waals surface area contributed by atoms with Crippen molar-refractivity contribution in [2.24, 2.45) is 0 Å². The lowest BCUT2D eigenvalue weighted by Crippen LogP contribution is -2.36. The van der Waals surface area contributed by atoms with Gasteiger partial charge in [-0.15, -0.1) is 0 Å². The first-order valence-corrected chi connectivity index (χ1v) is 6.99. The Morgan fingerprint density at radius 2 is 1.86 bits per heavy atom. The van der Waals surface area contributed by atoms with Gasteiger partial charge >= 0.3 is 5.97 Å². The average molecular weight is 310 g/mol. The number of pyridine rings is 1. The van der Waals surface area contributed by atoms with Crippen LogP contribution in [0.2, 0.25) is 0 Å². The van der Waals surface area contributed by atoms with Gasteiger partial charge in [0.25, 0.3) is 5.91 Å². The van der Waals surface area contributed by atoms with Crippen LogP contribution < -0.4 is 0 Å². The Morgan fingerprint density at radius 3 is 2.41 bits per heavy atom. The number of aromatic carboxylic acids is 1. The molecule has 0 bridgehead atoms. The zero-order valence-electron chi connectivity index (χ0n) is 13.2.